The van der Waals surface area contributed by atoms with Crippen LogP contribution in [0, 0.1) is 30.6 Å². The van der Waals surface area contributed by atoms with Gasteiger partial charge in [-0.15, -0.1) is 0 Å². The molecule has 4 saturated carbocycles. The average molecular weight is 322 g/mol. The Balaban J connectivity index is 1.64. The van der Waals surface area contributed by atoms with Crippen LogP contribution in [0.2, 0.25) is 0 Å². The third-order valence-electron chi connectivity index (χ3n) is 7.08. The van der Waals surface area contributed by atoms with E-state index in [-0.39, 0.29) is 5.92 Å². The number of hydrogen-bond donors (Lipinski definition) is 2. The molecule has 3 heteroatoms. The lowest BCUT2D eigenvalue weighted by Crippen LogP contribution is -2.60. The molecule has 0 spiro atoms. The van der Waals surface area contributed by atoms with E-state index in [2.05, 4.69) is 41.2 Å². The van der Waals surface area contributed by atoms with E-state index in [1.807, 2.05) is 12.4 Å². The number of hydrogen-bond acceptors (Lipinski definition) is 2. The molecule has 0 radical (unpaired) electrons. The summed E-state index contributed by atoms with van der Waals surface area (Å²) in [5.41, 5.74) is 1.80. The lowest BCUT2D eigenvalue weighted by atomic mass is 9.46. The summed E-state index contributed by atoms with van der Waals surface area (Å²) in [6.07, 6.45) is 9.91. The summed E-state index contributed by atoms with van der Waals surface area (Å²) < 4.78 is 0. The maximum Gasteiger partial charge on any atom is 0.116 e. The van der Waals surface area contributed by atoms with Crippen LogP contribution in [0.5, 0.6) is 0 Å². The molecule has 0 aliphatic heterocycles. The molecule has 6 rings (SSSR count). The molecule has 126 valence electrons. The third kappa shape index (κ3) is 2.03. The van der Waals surface area contributed by atoms with Crippen LogP contribution in [-0.2, 0) is 0 Å². The summed E-state index contributed by atoms with van der Waals surface area (Å²) in [5.74, 6) is 3.43. The number of benzene rings is 1. The highest BCUT2D eigenvalue weighted by atomic mass is 16.3. The fraction of sp³-hybridized carbons (Fsp3) is 0.571. The van der Waals surface area contributed by atoms with Crippen LogP contribution in [-0.4, -0.2) is 20.7 Å². The van der Waals surface area contributed by atoms with Crippen LogP contribution < -0.4 is 0 Å². The molecular weight excluding hydrogens is 296 g/mol. The first-order chi connectivity index (χ1) is 11.6. The number of aliphatic hydroxyl groups is 1. The number of aryl methyl sites for hydroxylation is 1. The van der Waals surface area contributed by atoms with Crippen LogP contribution in [0.1, 0.15) is 55.0 Å². The zero-order valence-corrected chi connectivity index (χ0v) is 14.3. The van der Waals surface area contributed by atoms with Crippen LogP contribution >= 0.6 is 0 Å². The number of rotatable bonds is 3. The topological polar surface area (TPSA) is 48.9 Å². The van der Waals surface area contributed by atoms with Gasteiger partial charge in [0.2, 0.25) is 0 Å². The van der Waals surface area contributed by atoms with E-state index in [1.54, 1.807) is 0 Å². The van der Waals surface area contributed by atoms with E-state index < -0.39 is 5.60 Å². The Bertz CT molecular complexity index is 708. The van der Waals surface area contributed by atoms with Gasteiger partial charge in [0, 0.05) is 12.4 Å². The minimum absolute atomic E-state index is 0.0394. The van der Waals surface area contributed by atoms with E-state index in [1.165, 1.54) is 43.2 Å². The van der Waals surface area contributed by atoms with Gasteiger partial charge in [0.1, 0.15) is 5.82 Å². The van der Waals surface area contributed by atoms with Crippen molar-refractivity contribution in [2.45, 2.75) is 50.5 Å². The number of H-pyrrole nitrogens is 1. The standard InChI is InChI=1S/C21H26N2O/c1-13-3-2-4-16(7-13)19(20-22-5-6-23-20)21(24)17-9-14-8-15(11-17)12-18(21)10-14/h2-7,14-15,17-19,24H,8-12H2,1H3,(H,22,23). The normalized spacial score (nSPS) is 38.4. The molecule has 4 bridgehead atoms. The maximum atomic E-state index is 12.1. The van der Waals surface area contributed by atoms with Gasteiger partial charge in [0.25, 0.3) is 0 Å². The first kappa shape index (κ1) is 14.7. The van der Waals surface area contributed by atoms with E-state index in [4.69, 9.17) is 0 Å². The Morgan fingerprint density at radius 1 is 1.12 bits per heavy atom. The second kappa shape index (κ2) is 5.19. The van der Waals surface area contributed by atoms with Crippen molar-refractivity contribution in [3.63, 3.8) is 0 Å². The molecule has 1 aromatic carbocycles. The second-order valence-corrected chi connectivity index (χ2v) is 8.51. The summed E-state index contributed by atoms with van der Waals surface area (Å²) in [5, 5.41) is 12.1. The highest BCUT2D eigenvalue weighted by Gasteiger charge is 2.60. The number of aromatic nitrogens is 2. The number of nitrogens with zero attached hydrogens (tertiary/aromatic N) is 1. The molecule has 24 heavy (non-hydrogen) atoms. The van der Waals surface area contributed by atoms with Crippen molar-refractivity contribution < 1.29 is 5.11 Å². The van der Waals surface area contributed by atoms with Crippen LogP contribution in [0.3, 0.4) is 0 Å². The SMILES string of the molecule is Cc1cccc(C(c2ncc[nH]2)C2(O)C3CC4CC(C3)CC2C4)c1. The number of nitrogens with one attached hydrogen (secondary N) is 1. The monoisotopic (exact) mass is 322 g/mol. The molecule has 1 unspecified atom stereocenters. The summed E-state index contributed by atoms with van der Waals surface area (Å²) in [6.45, 7) is 2.13. The fourth-order valence-corrected chi connectivity index (χ4v) is 6.34. The minimum atomic E-state index is -0.654. The van der Waals surface area contributed by atoms with Crippen molar-refractivity contribution >= 4 is 0 Å². The van der Waals surface area contributed by atoms with Crippen LogP contribution in [0.4, 0.5) is 0 Å². The highest BCUT2D eigenvalue weighted by Crippen LogP contribution is 2.62. The largest absolute Gasteiger partial charge is 0.388 e. The van der Waals surface area contributed by atoms with Crippen molar-refractivity contribution in [1.82, 2.24) is 9.97 Å². The predicted molar refractivity (Wildman–Crippen MR) is 93.6 cm³/mol. The average Bonchev–Trinajstić information content (AvgIpc) is 3.06. The zero-order valence-electron chi connectivity index (χ0n) is 14.3. The molecule has 1 aromatic heterocycles. The molecule has 0 saturated heterocycles. The van der Waals surface area contributed by atoms with Crippen molar-refractivity contribution in [3.8, 4) is 0 Å². The van der Waals surface area contributed by atoms with E-state index in [0.717, 1.165) is 17.7 Å². The summed E-state index contributed by atoms with van der Waals surface area (Å²) >= 11 is 0. The van der Waals surface area contributed by atoms with Crippen molar-refractivity contribution in [1.29, 1.82) is 0 Å². The van der Waals surface area contributed by atoms with E-state index in [9.17, 15) is 5.11 Å². The summed E-state index contributed by atoms with van der Waals surface area (Å²) in [4.78, 5) is 7.90. The lowest BCUT2D eigenvalue weighted by Gasteiger charge is -2.61. The zero-order chi connectivity index (χ0) is 16.3. The first-order valence-corrected chi connectivity index (χ1v) is 9.42. The van der Waals surface area contributed by atoms with Crippen molar-refractivity contribution in [3.05, 3.63) is 53.6 Å². The first-order valence-electron chi connectivity index (χ1n) is 9.42. The Labute approximate surface area is 143 Å². The molecule has 4 aliphatic rings. The van der Waals surface area contributed by atoms with E-state index in [0.29, 0.717) is 11.8 Å². The van der Waals surface area contributed by atoms with Gasteiger partial charge in [-0.2, -0.15) is 0 Å². The van der Waals surface area contributed by atoms with Gasteiger partial charge in [0.15, 0.2) is 0 Å². The Hall–Kier alpha value is -1.61. The van der Waals surface area contributed by atoms with Crippen LogP contribution in [0.15, 0.2) is 36.7 Å². The Morgan fingerprint density at radius 2 is 1.83 bits per heavy atom. The van der Waals surface area contributed by atoms with Gasteiger partial charge in [-0.05, 0) is 68.3 Å². The smallest absolute Gasteiger partial charge is 0.116 e. The molecule has 2 N–H and O–H groups in total. The molecule has 4 fully saturated rings. The van der Waals surface area contributed by atoms with Crippen LogP contribution in [0.25, 0.3) is 0 Å². The quantitative estimate of drug-likeness (QED) is 0.896. The molecule has 1 heterocycles. The Morgan fingerprint density at radius 3 is 2.42 bits per heavy atom. The lowest BCUT2D eigenvalue weighted by molar-refractivity contribution is -0.181. The summed E-state index contributed by atoms with van der Waals surface area (Å²) in [7, 11) is 0. The van der Waals surface area contributed by atoms with Gasteiger partial charge in [-0.1, -0.05) is 29.8 Å². The van der Waals surface area contributed by atoms with Gasteiger partial charge >= 0.3 is 0 Å². The van der Waals surface area contributed by atoms with Crippen molar-refractivity contribution in [2.75, 3.05) is 0 Å². The third-order valence-corrected chi connectivity index (χ3v) is 7.08. The van der Waals surface area contributed by atoms with Gasteiger partial charge in [-0.3, -0.25) is 0 Å². The van der Waals surface area contributed by atoms with Gasteiger partial charge < -0.3 is 10.1 Å². The van der Waals surface area contributed by atoms with E-state index >= 15 is 0 Å². The minimum Gasteiger partial charge on any atom is -0.388 e. The van der Waals surface area contributed by atoms with Crippen molar-refractivity contribution in [2.24, 2.45) is 23.7 Å². The molecule has 1 atom stereocenters. The predicted octanol–water partition coefficient (Wildman–Crippen LogP) is 4.04. The molecule has 2 aromatic rings. The Kier molecular flexibility index (Phi) is 3.18. The second-order valence-electron chi connectivity index (χ2n) is 8.51. The number of aromatic amines is 1. The fourth-order valence-electron chi connectivity index (χ4n) is 6.34. The van der Waals surface area contributed by atoms with Gasteiger partial charge in [-0.25, -0.2) is 4.98 Å². The molecule has 4 aliphatic carbocycles. The highest BCUT2D eigenvalue weighted by molar-refractivity contribution is 5.35. The molecule has 3 nitrogen and oxygen atoms in total. The maximum absolute atomic E-state index is 12.1. The number of imidazole rings is 1. The molecular formula is C21H26N2O. The molecule has 0 amide bonds. The summed E-state index contributed by atoms with van der Waals surface area (Å²) in [6, 6.07) is 8.64. The van der Waals surface area contributed by atoms with Gasteiger partial charge in [0.05, 0.1) is 11.5 Å².